The van der Waals surface area contributed by atoms with Crippen molar-refractivity contribution in [2.75, 3.05) is 52.4 Å². The van der Waals surface area contributed by atoms with Crippen molar-refractivity contribution < 1.29 is 0 Å². The second kappa shape index (κ2) is 48.5. The van der Waals surface area contributed by atoms with Gasteiger partial charge in [0.25, 0.3) is 0 Å². The number of hydrogen-bond acceptors (Lipinski definition) is 4. The third kappa shape index (κ3) is 44.0. The van der Waals surface area contributed by atoms with Crippen molar-refractivity contribution in [1.29, 1.82) is 0 Å². The lowest BCUT2D eigenvalue weighted by molar-refractivity contribution is 0.193. The van der Waals surface area contributed by atoms with Gasteiger partial charge in [-0.25, -0.2) is 0 Å². The highest BCUT2D eigenvalue weighted by atomic mass is 15.2. The zero-order valence-electron chi connectivity index (χ0n) is 37.5. The van der Waals surface area contributed by atoms with Crippen LogP contribution >= 0.6 is 0 Å². The van der Waals surface area contributed by atoms with Gasteiger partial charge in [-0.1, -0.05) is 179 Å². The van der Waals surface area contributed by atoms with Gasteiger partial charge in [-0.05, 0) is 129 Å². The van der Waals surface area contributed by atoms with E-state index < -0.39 is 0 Å². The minimum atomic E-state index is 0.843. The molecular formula is C50H102N4. The molecule has 0 fully saturated rings. The molecule has 0 amide bonds. The van der Waals surface area contributed by atoms with Gasteiger partial charge in [-0.15, -0.1) is 0 Å². The number of nitrogens with zero attached hydrogens (tertiary/aromatic N) is 2. The van der Waals surface area contributed by atoms with Crippen LogP contribution in [0, 0.1) is 0 Å². The van der Waals surface area contributed by atoms with Crippen LogP contribution in [0.4, 0.5) is 0 Å². The van der Waals surface area contributed by atoms with Crippen molar-refractivity contribution in [2.24, 2.45) is 11.5 Å². The lowest BCUT2D eigenvalue weighted by Crippen LogP contribution is -2.37. The molecule has 0 aliphatic rings. The van der Waals surface area contributed by atoms with Crippen LogP contribution in [0.3, 0.4) is 0 Å². The number of allylic oxidation sites excluding steroid dienone is 4. The second-order valence-electron chi connectivity index (χ2n) is 17.0. The Morgan fingerprint density at radius 3 is 0.741 bits per heavy atom. The van der Waals surface area contributed by atoms with E-state index in [9.17, 15) is 0 Å². The van der Waals surface area contributed by atoms with Gasteiger partial charge < -0.3 is 21.3 Å². The standard InChI is InChI=1S/C50H102N4/c1-3-5-7-9-11-13-15-17-19-21-23-25-27-29-33-39-45-53(47-41-35-31-37-43-51)49-50-54(48-42-36-32-38-44-52)46-40-34-30-28-26-24-22-20-18-16-14-12-10-8-6-4-2/h17-20H,3-16,21-52H2,1-2H3/b19-17-,20-18-. The zero-order chi connectivity index (χ0) is 39.1. The van der Waals surface area contributed by atoms with Crippen molar-refractivity contribution in [3.8, 4) is 0 Å². The summed E-state index contributed by atoms with van der Waals surface area (Å²) in [5.74, 6) is 0. The van der Waals surface area contributed by atoms with Gasteiger partial charge in [-0.3, -0.25) is 0 Å². The highest BCUT2D eigenvalue weighted by Gasteiger charge is 2.10. The first kappa shape index (κ1) is 53.3. The molecule has 4 N–H and O–H groups in total. The van der Waals surface area contributed by atoms with E-state index in [1.165, 1.54) is 270 Å². The monoisotopic (exact) mass is 759 g/mol. The summed E-state index contributed by atoms with van der Waals surface area (Å²) < 4.78 is 0. The molecule has 322 valence electrons. The Morgan fingerprint density at radius 1 is 0.259 bits per heavy atom. The highest BCUT2D eigenvalue weighted by Crippen LogP contribution is 2.14. The van der Waals surface area contributed by atoms with E-state index in [4.69, 9.17) is 11.5 Å². The Balaban J connectivity index is 4.36. The van der Waals surface area contributed by atoms with Gasteiger partial charge in [0.2, 0.25) is 0 Å². The van der Waals surface area contributed by atoms with Gasteiger partial charge in [0.15, 0.2) is 0 Å². The van der Waals surface area contributed by atoms with Crippen LogP contribution in [-0.2, 0) is 0 Å². The van der Waals surface area contributed by atoms with Gasteiger partial charge in [0.1, 0.15) is 0 Å². The molecule has 0 heterocycles. The highest BCUT2D eigenvalue weighted by molar-refractivity contribution is 4.82. The van der Waals surface area contributed by atoms with E-state index >= 15 is 0 Å². The Bertz CT molecular complexity index is 661. The van der Waals surface area contributed by atoms with Crippen LogP contribution in [0.2, 0.25) is 0 Å². The molecule has 4 nitrogen and oxygen atoms in total. The fourth-order valence-corrected chi connectivity index (χ4v) is 7.79. The molecule has 0 saturated carbocycles. The summed E-state index contributed by atoms with van der Waals surface area (Å²) in [6.07, 6.45) is 58.9. The first-order valence-corrected chi connectivity index (χ1v) is 24.9. The summed E-state index contributed by atoms with van der Waals surface area (Å²) in [6.45, 7) is 13.9. The third-order valence-corrected chi connectivity index (χ3v) is 11.6. The van der Waals surface area contributed by atoms with Crippen LogP contribution < -0.4 is 11.5 Å². The third-order valence-electron chi connectivity index (χ3n) is 11.6. The summed E-state index contributed by atoms with van der Waals surface area (Å²) in [5.41, 5.74) is 11.6. The predicted octanol–water partition coefficient (Wildman–Crippen LogP) is 14.7. The minimum absolute atomic E-state index is 0.843. The fraction of sp³-hybridized carbons (Fsp3) is 0.920. The summed E-state index contributed by atoms with van der Waals surface area (Å²) in [4.78, 5) is 5.64. The Labute approximate surface area is 341 Å². The molecule has 0 atom stereocenters. The first-order chi connectivity index (χ1) is 26.8. The van der Waals surface area contributed by atoms with Crippen molar-refractivity contribution in [1.82, 2.24) is 9.80 Å². The molecule has 0 radical (unpaired) electrons. The molecule has 0 aliphatic heterocycles. The fourth-order valence-electron chi connectivity index (χ4n) is 7.79. The van der Waals surface area contributed by atoms with Crippen molar-refractivity contribution >= 4 is 0 Å². The number of rotatable bonds is 47. The average Bonchev–Trinajstić information content (AvgIpc) is 3.18. The topological polar surface area (TPSA) is 58.5 Å². The van der Waals surface area contributed by atoms with Gasteiger partial charge >= 0.3 is 0 Å². The lowest BCUT2D eigenvalue weighted by atomic mass is 10.1. The smallest absolute Gasteiger partial charge is 0.0109 e. The maximum atomic E-state index is 5.78. The molecule has 0 unspecified atom stereocenters. The average molecular weight is 759 g/mol. The molecule has 0 spiro atoms. The van der Waals surface area contributed by atoms with E-state index in [2.05, 4.69) is 48.0 Å². The van der Waals surface area contributed by atoms with Crippen LogP contribution in [0.1, 0.15) is 245 Å². The summed E-state index contributed by atoms with van der Waals surface area (Å²) in [5, 5.41) is 0. The van der Waals surface area contributed by atoms with Gasteiger partial charge in [-0.2, -0.15) is 0 Å². The second-order valence-corrected chi connectivity index (χ2v) is 17.0. The van der Waals surface area contributed by atoms with E-state index in [0.29, 0.717) is 0 Å². The normalized spacial score (nSPS) is 12.2. The van der Waals surface area contributed by atoms with E-state index in [1.807, 2.05) is 0 Å². The first-order valence-electron chi connectivity index (χ1n) is 24.9. The van der Waals surface area contributed by atoms with E-state index in [0.717, 1.165) is 13.1 Å². The molecule has 0 rings (SSSR count). The lowest BCUT2D eigenvalue weighted by Gasteiger charge is -2.28. The van der Waals surface area contributed by atoms with Crippen LogP contribution in [0.5, 0.6) is 0 Å². The van der Waals surface area contributed by atoms with Gasteiger partial charge in [0.05, 0.1) is 0 Å². The quantitative estimate of drug-likeness (QED) is 0.0479. The number of unbranched alkanes of at least 4 members (excludes halogenated alkanes) is 30. The molecule has 4 heteroatoms. The maximum absolute atomic E-state index is 5.78. The van der Waals surface area contributed by atoms with Crippen molar-refractivity contribution in [3.63, 3.8) is 0 Å². The Kier molecular flexibility index (Phi) is 47.9. The summed E-state index contributed by atoms with van der Waals surface area (Å²) in [7, 11) is 0. The van der Waals surface area contributed by atoms with Crippen molar-refractivity contribution in [2.45, 2.75) is 245 Å². The van der Waals surface area contributed by atoms with Gasteiger partial charge in [0, 0.05) is 13.1 Å². The molecule has 0 saturated heterocycles. The molecular weight excluding hydrogens is 657 g/mol. The largest absolute Gasteiger partial charge is 0.330 e. The number of hydrogen-bond donors (Lipinski definition) is 2. The molecule has 0 bridgehead atoms. The molecule has 0 aromatic carbocycles. The number of nitrogens with two attached hydrogens (primary N) is 2. The molecule has 0 aromatic rings. The maximum Gasteiger partial charge on any atom is 0.0109 e. The molecule has 54 heavy (non-hydrogen) atoms. The molecule has 0 aromatic heterocycles. The van der Waals surface area contributed by atoms with E-state index in [-0.39, 0.29) is 0 Å². The predicted molar refractivity (Wildman–Crippen MR) is 247 cm³/mol. The zero-order valence-corrected chi connectivity index (χ0v) is 37.5. The van der Waals surface area contributed by atoms with Crippen LogP contribution in [-0.4, -0.2) is 62.2 Å². The van der Waals surface area contributed by atoms with Crippen LogP contribution in [0.15, 0.2) is 24.3 Å². The Morgan fingerprint density at radius 2 is 0.481 bits per heavy atom. The Hall–Kier alpha value is -0.680. The SMILES string of the molecule is CCCCCCCC/C=C\CCCCCCCCN(CCCCCCN)CCN(CCCCCCN)CCCCCCCC/C=C\CCCCCCCC. The summed E-state index contributed by atoms with van der Waals surface area (Å²) >= 11 is 0. The van der Waals surface area contributed by atoms with Crippen LogP contribution in [0.25, 0.3) is 0 Å². The molecule has 0 aliphatic carbocycles. The minimum Gasteiger partial charge on any atom is -0.330 e. The van der Waals surface area contributed by atoms with E-state index in [1.54, 1.807) is 0 Å². The summed E-state index contributed by atoms with van der Waals surface area (Å²) in [6, 6.07) is 0. The van der Waals surface area contributed by atoms with Crippen molar-refractivity contribution in [3.05, 3.63) is 24.3 Å².